The van der Waals surface area contributed by atoms with E-state index in [1.165, 1.54) is 0 Å². The first-order chi connectivity index (χ1) is 6.15. The van der Waals surface area contributed by atoms with Gasteiger partial charge >= 0.3 is 0 Å². The van der Waals surface area contributed by atoms with Crippen LogP contribution in [-0.4, -0.2) is 5.88 Å². The molecule has 0 heterocycles. The Balaban J connectivity index is 3.16. The van der Waals surface area contributed by atoms with Crippen LogP contribution in [0.4, 0.5) is 14.5 Å². The summed E-state index contributed by atoms with van der Waals surface area (Å²) in [5, 5.41) is 0. The third-order valence-electron chi connectivity index (χ3n) is 1.38. The molecule has 0 amide bonds. The Kier molecular flexibility index (Phi) is 3.10. The van der Waals surface area contributed by atoms with Gasteiger partial charge in [-0.05, 0) is 6.07 Å². The van der Waals surface area contributed by atoms with Gasteiger partial charge in [-0.15, -0.1) is 11.6 Å². The number of halogens is 3. The van der Waals surface area contributed by atoms with Gasteiger partial charge in [0.05, 0.1) is 17.1 Å². The number of hydrogen-bond acceptors (Lipinski definition) is 1. The lowest BCUT2D eigenvalue weighted by Crippen LogP contribution is -1.94. The molecule has 2 N–H and O–H groups in total. The molecule has 0 radical (unpaired) electrons. The van der Waals surface area contributed by atoms with Gasteiger partial charge in [0.1, 0.15) is 0 Å². The van der Waals surface area contributed by atoms with Crippen molar-refractivity contribution >= 4 is 17.3 Å². The average Bonchev–Trinajstić information content (AvgIpc) is 2.09. The lowest BCUT2D eigenvalue weighted by atomic mass is 10.2. The van der Waals surface area contributed by atoms with Crippen molar-refractivity contribution in [3.05, 3.63) is 29.3 Å². The number of rotatable bonds is 0. The summed E-state index contributed by atoms with van der Waals surface area (Å²) in [6, 6.07) is 1.85. The van der Waals surface area contributed by atoms with Crippen LogP contribution in [0.3, 0.4) is 0 Å². The smallest absolute Gasteiger partial charge is 0.160 e. The van der Waals surface area contributed by atoms with Crippen LogP contribution in [-0.2, 0) is 0 Å². The van der Waals surface area contributed by atoms with Crippen molar-refractivity contribution in [1.29, 1.82) is 0 Å². The van der Waals surface area contributed by atoms with E-state index in [2.05, 4.69) is 11.8 Å². The van der Waals surface area contributed by atoms with Gasteiger partial charge in [-0.1, -0.05) is 11.8 Å². The summed E-state index contributed by atoms with van der Waals surface area (Å²) in [4.78, 5) is 0. The Bertz CT molecular complexity index is 379. The van der Waals surface area contributed by atoms with Gasteiger partial charge in [0.25, 0.3) is 0 Å². The highest BCUT2D eigenvalue weighted by molar-refractivity contribution is 6.19. The molecule has 0 saturated carbocycles. The molecule has 4 heteroatoms. The fourth-order valence-corrected chi connectivity index (χ4v) is 0.866. The topological polar surface area (TPSA) is 26.0 Å². The predicted octanol–water partition coefficient (Wildman–Crippen LogP) is 2.14. The van der Waals surface area contributed by atoms with Crippen molar-refractivity contribution < 1.29 is 8.78 Å². The molecule has 0 bridgehead atoms. The number of alkyl halides is 1. The summed E-state index contributed by atoms with van der Waals surface area (Å²) in [6.45, 7) is 0. The quantitative estimate of drug-likeness (QED) is 0.389. The van der Waals surface area contributed by atoms with Crippen LogP contribution in [0.15, 0.2) is 12.1 Å². The average molecular weight is 202 g/mol. The minimum absolute atomic E-state index is 0.108. The van der Waals surface area contributed by atoms with E-state index in [0.717, 1.165) is 12.1 Å². The Morgan fingerprint density at radius 1 is 1.31 bits per heavy atom. The van der Waals surface area contributed by atoms with Crippen LogP contribution in [0.1, 0.15) is 5.56 Å². The standard InChI is InChI=1S/C9H6ClF2N/c10-3-1-2-6-4-7(11)8(12)5-9(6)13/h4-5H,3,13H2. The zero-order valence-electron chi connectivity index (χ0n) is 6.57. The molecule has 68 valence electrons. The van der Waals surface area contributed by atoms with Crippen LogP contribution in [0.5, 0.6) is 0 Å². The molecule has 1 aromatic rings. The molecule has 0 aliphatic heterocycles. The molecule has 0 aliphatic rings. The summed E-state index contributed by atoms with van der Waals surface area (Å²) in [5.41, 5.74) is 5.74. The van der Waals surface area contributed by atoms with E-state index in [1.54, 1.807) is 0 Å². The molecular formula is C9H6ClF2N. The molecule has 0 atom stereocenters. The number of nitrogen functional groups attached to an aromatic ring is 1. The van der Waals surface area contributed by atoms with E-state index < -0.39 is 11.6 Å². The summed E-state index contributed by atoms with van der Waals surface area (Å²) < 4.78 is 25.2. The highest BCUT2D eigenvalue weighted by atomic mass is 35.5. The van der Waals surface area contributed by atoms with E-state index in [9.17, 15) is 8.78 Å². The largest absolute Gasteiger partial charge is 0.398 e. The highest BCUT2D eigenvalue weighted by Gasteiger charge is 2.04. The fraction of sp³-hybridized carbons (Fsp3) is 0.111. The molecule has 0 spiro atoms. The Morgan fingerprint density at radius 2 is 1.92 bits per heavy atom. The molecule has 1 nitrogen and oxygen atoms in total. The van der Waals surface area contributed by atoms with Crippen molar-refractivity contribution in [1.82, 2.24) is 0 Å². The van der Waals surface area contributed by atoms with Crippen molar-refractivity contribution in [3.8, 4) is 11.8 Å². The second-order valence-corrected chi connectivity index (χ2v) is 2.56. The normalized spacial score (nSPS) is 9.15. The first kappa shape index (κ1) is 9.82. The van der Waals surface area contributed by atoms with Gasteiger partial charge in [0.2, 0.25) is 0 Å². The summed E-state index contributed by atoms with van der Waals surface area (Å²) in [5.74, 6) is 3.20. The SMILES string of the molecule is Nc1cc(F)c(F)cc1C#CCCl. The Labute approximate surface area is 79.5 Å². The van der Waals surface area contributed by atoms with Crippen molar-refractivity contribution in [3.63, 3.8) is 0 Å². The molecule has 1 rings (SSSR count). The third kappa shape index (κ3) is 2.33. The minimum Gasteiger partial charge on any atom is -0.398 e. The second-order valence-electron chi connectivity index (χ2n) is 2.29. The highest BCUT2D eigenvalue weighted by Crippen LogP contribution is 2.15. The van der Waals surface area contributed by atoms with Gasteiger partial charge < -0.3 is 5.73 Å². The number of benzene rings is 1. The zero-order valence-corrected chi connectivity index (χ0v) is 7.33. The van der Waals surface area contributed by atoms with Gasteiger partial charge in [-0.2, -0.15) is 0 Å². The Morgan fingerprint density at radius 3 is 2.54 bits per heavy atom. The van der Waals surface area contributed by atoms with Crippen LogP contribution in [0.25, 0.3) is 0 Å². The van der Waals surface area contributed by atoms with Crippen LogP contribution >= 0.6 is 11.6 Å². The van der Waals surface area contributed by atoms with Gasteiger partial charge in [0.15, 0.2) is 11.6 Å². The lowest BCUT2D eigenvalue weighted by molar-refractivity contribution is 0.509. The zero-order chi connectivity index (χ0) is 9.84. The fourth-order valence-electron chi connectivity index (χ4n) is 0.799. The maximum atomic E-state index is 12.7. The maximum absolute atomic E-state index is 12.7. The number of hydrogen-bond donors (Lipinski definition) is 1. The monoisotopic (exact) mass is 201 g/mol. The molecule has 0 unspecified atom stereocenters. The molecular weight excluding hydrogens is 196 g/mol. The first-order valence-electron chi connectivity index (χ1n) is 3.44. The summed E-state index contributed by atoms with van der Waals surface area (Å²) in [7, 11) is 0. The van der Waals surface area contributed by atoms with Gasteiger partial charge in [0, 0.05) is 6.07 Å². The minimum atomic E-state index is -0.978. The van der Waals surface area contributed by atoms with E-state index in [0.29, 0.717) is 0 Å². The third-order valence-corrected chi connectivity index (χ3v) is 1.52. The number of anilines is 1. The van der Waals surface area contributed by atoms with Gasteiger partial charge in [-0.25, -0.2) is 8.78 Å². The molecule has 13 heavy (non-hydrogen) atoms. The van der Waals surface area contributed by atoms with Gasteiger partial charge in [-0.3, -0.25) is 0 Å². The van der Waals surface area contributed by atoms with E-state index in [1.807, 2.05) is 0 Å². The molecule has 0 aromatic heterocycles. The van der Waals surface area contributed by atoms with E-state index in [-0.39, 0.29) is 17.1 Å². The molecule has 0 fully saturated rings. The Hall–Kier alpha value is -1.27. The lowest BCUT2D eigenvalue weighted by Gasteiger charge is -1.98. The molecule has 0 saturated heterocycles. The molecule has 1 aromatic carbocycles. The van der Waals surface area contributed by atoms with Crippen LogP contribution < -0.4 is 5.73 Å². The van der Waals surface area contributed by atoms with E-state index >= 15 is 0 Å². The summed E-state index contributed by atoms with van der Waals surface area (Å²) >= 11 is 5.29. The predicted molar refractivity (Wildman–Crippen MR) is 48.4 cm³/mol. The van der Waals surface area contributed by atoms with Crippen molar-refractivity contribution in [2.45, 2.75) is 0 Å². The van der Waals surface area contributed by atoms with Crippen molar-refractivity contribution in [2.75, 3.05) is 11.6 Å². The van der Waals surface area contributed by atoms with E-state index in [4.69, 9.17) is 17.3 Å². The maximum Gasteiger partial charge on any atom is 0.160 e. The van der Waals surface area contributed by atoms with Crippen LogP contribution in [0.2, 0.25) is 0 Å². The first-order valence-corrected chi connectivity index (χ1v) is 3.98. The van der Waals surface area contributed by atoms with Crippen molar-refractivity contribution in [2.24, 2.45) is 0 Å². The van der Waals surface area contributed by atoms with Crippen LogP contribution in [0, 0.1) is 23.5 Å². The summed E-state index contributed by atoms with van der Waals surface area (Å²) in [6.07, 6.45) is 0. The number of nitrogens with two attached hydrogens (primary N) is 1. The second kappa shape index (κ2) is 4.11. The molecule has 0 aliphatic carbocycles.